The van der Waals surface area contributed by atoms with E-state index < -0.39 is 5.91 Å². The topological polar surface area (TPSA) is 93.4 Å². The van der Waals surface area contributed by atoms with Crippen LogP contribution in [0.25, 0.3) is 0 Å². The van der Waals surface area contributed by atoms with Crippen molar-refractivity contribution in [1.29, 1.82) is 0 Å². The van der Waals surface area contributed by atoms with Crippen LogP contribution >= 0.6 is 0 Å². The molecule has 0 aromatic heterocycles. The molecule has 4 N–H and O–H groups in total. The molecule has 2 rings (SSSR count). The summed E-state index contributed by atoms with van der Waals surface area (Å²) in [6.07, 6.45) is 1.38. The number of nitrogens with one attached hydrogen (secondary N) is 2. The molecule has 120 valence electrons. The molecule has 0 radical (unpaired) electrons. The summed E-state index contributed by atoms with van der Waals surface area (Å²) in [5.41, 5.74) is 5.60. The largest absolute Gasteiger partial charge is 0.493 e. The number of rotatable bonds is 6. The Morgan fingerprint density at radius 3 is 2.73 bits per heavy atom. The Balaban J connectivity index is 1.71. The van der Waals surface area contributed by atoms with Crippen molar-refractivity contribution in [1.82, 2.24) is 10.6 Å². The SMILES string of the molecule is CC1CCNCC1NC(=O)CCOc1ccc(C(N)=O)cc1. The van der Waals surface area contributed by atoms with Gasteiger partial charge >= 0.3 is 0 Å². The van der Waals surface area contributed by atoms with Crippen molar-refractivity contribution >= 4 is 11.8 Å². The van der Waals surface area contributed by atoms with Crippen molar-refractivity contribution in [2.75, 3.05) is 19.7 Å². The molecule has 2 atom stereocenters. The molecule has 1 aliphatic rings. The number of nitrogens with two attached hydrogens (primary N) is 1. The first-order chi connectivity index (χ1) is 10.6. The lowest BCUT2D eigenvalue weighted by atomic mass is 9.95. The zero-order chi connectivity index (χ0) is 15.9. The predicted octanol–water partition coefficient (Wildman–Crippen LogP) is 0.669. The van der Waals surface area contributed by atoms with Crippen molar-refractivity contribution in [3.63, 3.8) is 0 Å². The Hall–Kier alpha value is -2.08. The molecule has 1 fully saturated rings. The molecule has 2 unspecified atom stereocenters. The second-order valence-electron chi connectivity index (χ2n) is 5.63. The number of hydrogen-bond acceptors (Lipinski definition) is 4. The van der Waals surface area contributed by atoms with E-state index in [1.807, 2.05) is 0 Å². The van der Waals surface area contributed by atoms with Gasteiger partial charge in [0.15, 0.2) is 0 Å². The van der Waals surface area contributed by atoms with Crippen LogP contribution in [-0.2, 0) is 4.79 Å². The van der Waals surface area contributed by atoms with Gasteiger partial charge in [0.1, 0.15) is 5.75 Å². The predicted molar refractivity (Wildman–Crippen MR) is 83.7 cm³/mol. The molecule has 1 heterocycles. The van der Waals surface area contributed by atoms with Gasteiger partial charge in [0.25, 0.3) is 0 Å². The molecule has 6 heteroatoms. The highest BCUT2D eigenvalue weighted by Gasteiger charge is 2.22. The fourth-order valence-electron chi connectivity index (χ4n) is 2.44. The maximum atomic E-state index is 11.9. The second kappa shape index (κ2) is 7.79. The third-order valence-corrected chi connectivity index (χ3v) is 3.91. The molecule has 1 aromatic carbocycles. The van der Waals surface area contributed by atoms with Crippen molar-refractivity contribution in [2.24, 2.45) is 11.7 Å². The Bertz CT molecular complexity index is 516. The highest BCUT2D eigenvalue weighted by atomic mass is 16.5. The number of amides is 2. The number of ether oxygens (including phenoxy) is 1. The van der Waals surface area contributed by atoms with Crippen LogP contribution in [0.2, 0.25) is 0 Å². The van der Waals surface area contributed by atoms with Gasteiger partial charge in [-0.3, -0.25) is 9.59 Å². The van der Waals surface area contributed by atoms with Crippen LogP contribution in [0, 0.1) is 5.92 Å². The Kier molecular flexibility index (Phi) is 5.77. The molecule has 6 nitrogen and oxygen atoms in total. The normalized spacial score (nSPS) is 21.1. The van der Waals surface area contributed by atoms with E-state index in [-0.39, 0.29) is 11.9 Å². The van der Waals surface area contributed by atoms with Gasteiger partial charge < -0.3 is 21.1 Å². The molecule has 0 saturated carbocycles. The first kappa shape index (κ1) is 16.3. The number of piperidine rings is 1. The van der Waals surface area contributed by atoms with Crippen molar-refractivity contribution in [3.05, 3.63) is 29.8 Å². The van der Waals surface area contributed by atoms with Crippen molar-refractivity contribution in [3.8, 4) is 5.75 Å². The first-order valence-electron chi connectivity index (χ1n) is 7.59. The average Bonchev–Trinajstić information content (AvgIpc) is 2.50. The minimum absolute atomic E-state index is 0.00527. The number of carbonyl (C=O) groups excluding carboxylic acids is 2. The third kappa shape index (κ3) is 4.73. The lowest BCUT2D eigenvalue weighted by Crippen LogP contribution is -2.50. The minimum Gasteiger partial charge on any atom is -0.493 e. The molecule has 1 aliphatic heterocycles. The minimum atomic E-state index is -0.471. The van der Waals surface area contributed by atoms with Crippen LogP contribution < -0.4 is 21.1 Å². The highest BCUT2D eigenvalue weighted by molar-refractivity contribution is 5.92. The van der Waals surface area contributed by atoms with Gasteiger partial charge in [-0.15, -0.1) is 0 Å². The van der Waals surface area contributed by atoms with Gasteiger partial charge in [-0.25, -0.2) is 0 Å². The molecular weight excluding hydrogens is 282 g/mol. The van der Waals surface area contributed by atoms with Crippen LogP contribution in [0.15, 0.2) is 24.3 Å². The number of primary amides is 1. The van der Waals surface area contributed by atoms with Crippen LogP contribution in [0.4, 0.5) is 0 Å². The smallest absolute Gasteiger partial charge is 0.248 e. The van der Waals surface area contributed by atoms with E-state index in [0.717, 1.165) is 19.5 Å². The highest BCUT2D eigenvalue weighted by Crippen LogP contribution is 2.13. The fraction of sp³-hybridized carbons (Fsp3) is 0.500. The molecular formula is C16H23N3O3. The Labute approximate surface area is 130 Å². The number of hydrogen-bond donors (Lipinski definition) is 3. The van der Waals surface area contributed by atoms with Crippen LogP contribution in [-0.4, -0.2) is 37.6 Å². The Morgan fingerprint density at radius 1 is 1.36 bits per heavy atom. The monoisotopic (exact) mass is 305 g/mol. The van der Waals surface area contributed by atoms with E-state index >= 15 is 0 Å². The summed E-state index contributed by atoms with van der Waals surface area (Å²) >= 11 is 0. The third-order valence-electron chi connectivity index (χ3n) is 3.91. The van der Waals surface area contributed by atoms with Gasteiger partial charge in [0.2, 0.25) is 11.8 Å². The second-order valence-corrected chi connectivity index (χ2v) is 5.63. The fourth-order valence-corrected chi connectivity index (χ4v) is 2.44. The molecule has 0 spiro atoms. The summed E-state index contributed by atoms with van der Waals surface area (Å²) in [5.74, 6) is 0.633. The maximum absolute atomic E-state index is 11.9. The molecule has 1 saturated heterocycles. The van der Waals surface area contributed by atoms with Gasteiger partial charge in [0.05, 0.1) is 13.0 Å². The summed E-state index contributed by atoms with van der Waals surface area (Å²) < 4.78 is 5.50. The summed E-state index contributed by atoms with van der Waals surface area (Å²) in [6.45, 7) is 4.29. The summed E-state index contributed by atoms with van der Waals surface area (Å²) in [7, 11) is 0. The zero-order valence-corrected chi connectivity index (χ0v) is 12.8. The first-order valence-corrected chi connectivity index (χ1v) is 7.59. The standard InChI is InChI=1S/C16H23N3O3/c1-11-6-8-18-10-14(11)19-15(20)7-9-22-13-4-2-12(3-5-13)16(17)21/h2-5,11,14,18H,6-10H2,1H3,(H2,17,21)(H,19,20). The summed E-state index contributed by atoms with van der Waals surface area (Å²) in [4.78, 5) is 22.9. The molecule has 0 bridgehead atoms. The molecule has 1 aromatic rings. The maximum Gasteiger partial charge on any atom is 0.248 e. The van der Waals surface area contributed by atoms with E-state index in [1.165, 1.54) is 0 Å². The van der Waals surface area contributed by atoms with Crippen LogP contribution in [0.5, 0.6) is 5.75 Å². The molecule has 2 amide bonds. The quantitative estimate of drug-likeness (QED) is 0.720. The number of carbonyl (C=O) groups is 2. The zero-order valence-electron chi connectivity index (χ0n) is 12.8. The van der Waals surface area contributed by atoms with E-state index in [4.69, 9.17) is 10.5 Å². The number of benzene rings is 1. The van der Waals surface area contributed by atoms with Gasteiger partial charge in [-0.1, -0.05) is 6.92 Å². The lowest BCUT2D eigenvalue weighted by molar-refractivity contribution is -0.122. The van der Waals surface area contributed by atoms with E-state index in [2.05, 4.69) is 17.6 Å². The average molecular weight is 305 g/mol. The molecule has 0 aliphatic carbocycles. The van der Waals surface area contributed by atoms with Gasteiger partial charge in [-0.05, 0) is 43.1 Å². The summed E-state index contributed by atoms with van der Waals surface area (Å²) in [6, 6.07) is 6.74. The lowest BCUT2D eigenvalue weighted by Gasteiger charge is -2.30. The van der Waals surface area contributed by atoms with Gasteiger partial charge in [0, 0.05) is 18.2 Å². The summed E-state index contributed by atoms with van der Waals surface area (Å²) in [5, 5.41) is 6.32. The van der Waals surface area contributed by atoms with Crippen molar-refractivity contribution < 1.29 is 14.3 Å². The van der Waals surface area contributed by atoms with E-state index in [0.29, 0.717) is 30.3 Å². The van der Waals surface area contributed by atoms with E-state index in [1.54, 1.807) is 24.3 Å². The molecule has 22 heavy (non-hydrogen) atoms. The van der Waals surface area contributed by atoms with Gasteiger partial charge in [-0.2, -0.15) is 0 Å². The Morgan fingerprint density at radius 2 is 2.09 bits per heavy atom. The van der Waals surface area contributed by atoms with Crippen molar-refractivity contribution in [2.45, 2.75) is 25.8 Å². The van der Waals surface area contributed by atoms with E-state index in [9.17, 15) is 9.59 Å². The van der Waals surface area contributed by atoms with Crippen LogP contribution in [0.1, 0.15) is 30.1 Å². The van der Waals surface area contributed by atoms with Crippen LogP contribution in [0.3, 0.4) is 0 Å².